The highest BCUT2D eigenvalue weighted by atomic mass is 15.1. The summed E-state index contributed by atoms with van der Waals surface area (Å²) in [5.41, 5.74) is 12.9. The Hall–Kier alpha value is -5.86. The van der Waals surface area contributed by atoms with Gasteiger partial charge in [-0.2, -0.15) is 0 Å². The third-order valence-electron chi connectivity index (χ3n) is 8.53. The number of aryl methyl sites for hydroxylation is 3. The number of rotatable bonds is 8. The summed E-state index contributed by atoms with van der Waals surface area (Å²) in [5, 5.41) is 2.47. The third-order valence-corrected chi connectivity index (χ3v) is 8.53. The van der Waals surface area contributed by atoms with E-state index in [1.165, 1.54) is 33.2 Å². The molecule has 0 N–H and O–H groups in total. The van der Waals surface area contributed by atoms with Gasteiger partial charge in [0.05, 0.1) is 0 Å². The van der Waals surface area contributed by atoms with E-state index in [4.69, 9.17) is 0 Å². The van der Waals surface area contributed by atoms with Crippen LogP contribution in [0.15, 0.2) is 164 Å². The minimum absolute atomic E-state index is 1.12. The van der Waals surface area contributed by atoms with Crippen LogP contribution in [0.3, 0.4) is 0 Å². The maximum atomic E-state index is 2.33. The van der Waals surface area contributed by atoms with Gasteiger partial charge < -0.3 is 9.80 Å². The van der Waals surface area contributed by atoms with Crippen LogP contribution in [0.2, 0.25) is 0 Å². The van der Waals surface area contributed by atoms with E-state index in [1.807, 2.05) is 0 Å². The molecule has 0 unspecified atom stereocenters. The van der Waals surface area contributed by atoms with E-state index in [0.717, 1.165) is 39.6 Å². The molecule has 0 saturated carbocycles. The van der Waals surface area contributed by atoms with E-state index >= 15 is 0 Å². The molecule has 228 valence electrons. The van der Waals surface area contributed by atoms with Crippen molar-refractivity contribution < 1.29 is 0 Å². The van der Waals surface area contributed by atoms with Gasteiger partial charge in [0, 0.05) is 34.1 Å². The van der Waals surface area contributed by atoms with E-state index < -0.39 is 0 Å². The molecule has 0 aromatic heterocycles. The lowest BCUT2D eigenvalue weighted by atomic mass is 10.1. The summed E-state index contributed by atoms with van der Waals surface area (Å²) in [6, 6.07) is 58.8. The fourth-order valence-electron chi connectivity index (χ4n) is 6.22. The second kappa shape index (κ2) is 13.2. The van der Waals surface area contributed by atoms with Crippen molar-refractivity contribution in [2.45, 2.75) is 20.8 Å². The monoisotopic (exact) mass is 606 g/mol. The molecule has 0 radical (unpaired) electrons. The highest BCUT2D eigenvalue weighted by Crippen LogP contribution is 2.37. The molecule has 0 saturated heterocycles. The standard InChI is InChI=1S/C45H38N2/c1-33-13-22-41(23-14-33)47(45-30-34(2)29-35(3)31-45)43-26-19-37(20-27-43)16-15-36-17-24-42(25-18-36)46(40-11-5-4-6-12-40)44-28-21-38-9-7-8-10-39(38)32-44/h4-32H,1-3H3/b16-15+. The molecule has 0 aliphatic carbocycles. The number of nitrogens with zero attached hydrogens (tertiary/aromatic N) is 2. The molecule has 0 bridgehead atoms. The van der Waals surface area contributed by atoms with E-state index in [2.05, 4.69) is 207 Å². The van der Waals surface area contributed by atoms with Crippen molar-refractivity contribution in [3.63, 3.8) is 0 Å². The zero-order valence-electron chi connectivity index (χ0n) is 27.1. The Morgan fingerprint density at radius 2 is 0.766 bits per heavy atom. The van der Waals surface area contributed by atoms with Gasteiger partial charge in [0.15, 0.2) is 0 Å². The van der Waals surface area contributed by atoms with Crippen LogP contribution in [0.4, 0.5) is 34.1 Å². The SMILES string of the molecule is Cc1ccc(N(c2ccc(/C=C/c3ccc(N(c4ccccc4)c4ccc5ccccc5c4)cc3)cc2)c2cc(C)cc(C)c2)cc1. The Bertz CT molecular complexity index is 2120. The topological polar surface area (TPSA) is 6.48 Å². The van der Waals surface area contributed by atoms with Crippen molar-refractivity contribution in [1.29, 1.82) is 0 Å². The number of para-hydroxylation sites is 1. The van der Waals surface area contributed by atoms with Gasteiger partial charge in [0.25, 0.3) is 0 Å². The van der Waals surface area contributed by atoms with Gasteiger partial charge in [-0.1, -0.05) is 109 Å². The lowest BCUT2D eigenvalue weighted by Crippen LogP contribution is -2.10. The van der Waals surface area contributed by atoms with Crippen LogP contribution in [0, 0.1) is 20.8 Å². The zero-order valence-corrected chi connectivity index (χ0v) is 27.1. The Balaban J connectivity index is 1.14. The van der Waals surface area contributed by atoms with Gasteiger partial charge in [0.1, 0.15) is 0 Å². The Labute approximate surface area is 278 Å². The van der Waals surface area contributed by atoms with Gasteiger partial charge in [-0.05, 0) is 127 Å². The highest BCUT2D eigenvalue weighted by molar-refractivity contribution is 5.89. The fraction of sp³-hybridized carbons (Fsp3) is 0.0667. The molecule has 0 aliphatic rings. The molecule has 0 atom stereocenters. The van der Waals surface area contributed by atoms with Gasteiger partial charge in [0.2, 0.25) is 0 Å². The van der Waals surface area contributed by atoms with Crippen molar-refractivity contribution in [2.24, 2.45) is 0 Å². The third kappa shape index (κ3) is 6.73. The first-order valence-electron chi connectivity index (χ1n) is 16.2. The van der Waals surface area contributed by atoms with Crippen molar-refractivity contribution in [1.82, 2.24) is 0 Å². The summed E-state index contributed by atoms with van der Waals surface area (Å²) >= 11 is 0. The van der Waals surface area contributed by atoms with Crippen molar-refractivity contribution in [2.75, 3.05) is 9.80 Å². The smallest absolute Gasteiger partial charge is 0.0468 e. The minimum Gasteiger partial charge on any atom is -0.310 e. The summed E-state index contributed by atoms with van der Waals surface area (Å²) in [5.74, 6) is 0. The average Bonchev–Trinajstić information content (AvgIpc) is 3.10. The van der Waals surface area contributed by atoms with Gasteiger partial charge in [-0.25, -0.2) is 0 Å². The summed E-state index contributed by atoms with van der Waals surface area (Å²) in [4.78, 5) is 4.65. The average molecular weight is 607 g/mol. The largest absolute Gasteiger partial charge is 0.310 e. The number of hydrogen-bond acceptors (Lipinski definition) is 2. The van der Waals surface area contributed by atoms with Crippen molar-refractivity contribution in [3.8, 4) is 0 Å². The van der Waals surface area contributed by atoms with Crippen molar-refractivity contribution in [3.05, 3.63) is 192 Å². The normalized spacial score (nSPS) is 11.2. The Kier molecular flexibility index (Phi) is 8.41. The van der Waals surface area contributed by atoms with Crippen LogP contribution in [0.1, 0.15) is 27.8 Å². The molecule has 2 heteroatoms. The molecule has 2 nitrogen and oxygen atoms in total. The van der Waals surface area contributed by atoms with Crippen molar-refractivity contribution >= 4 is 57.0 Å². The first-order chi connectivity index (χ1) is 23.0. The summed E-state index contributed by atoms with van der Waals surface area (Å²) in [7, 11) is 0. The van der Waals surface area contributed by atoms with E-state index in [9.17, 15) is 0 Å². The second-order valence-electron chi connectivity index (χ2n) is 12.2. The highest BCUT2D eigenvalue weighted by Gasteiger charge is 2.14. The van der Waals surface area contributed by atoms with Crippen LogP contribution in [0.5, 0.6) is 0 Å². The summed E-state index contributed by atoms with van der Waals surface area (Å²) in [6.45, 7) is 6.45. The number of hydrogen-bond donors (Lipinski definition) is 0. The first kappa shape index (κ1) is 29.8. The van der Waals surface area contributed by atoms with Crippen LogP contribution in [-0.2, 0) is 0 Å². The van der Waals surface area contributed by atoms with Crippen LogP contribution >= 0.6 is 0 Å². The van der Waals surface area contributed by atoms with Crippen LogP contribution in [0.25, 0.3) is 22.9 Å². The first-order valence-corrected chi connectivity index (χ1v) is 16.2. The molecular weight excluding hydrogens is 569 g/mol. The molecule has 7 aromatic carbocycles. The Morgan fingerprint density at radius 3 is 1.34 bits per heavy atom. The van der Waals surface area contributed by atoms with E-state index in [0.29, 0.717) is 0 Å². The zero-order chi connectivity index (χ0) is 32.2. The van der Waals surface area contributed by atoms with Gasteiger partial charge >= 0.3 is 0 Å². The quantitative estimate of drug-likeness (QED) is 0.159. The van der Waals surface area contributed by atoms with E-state index in [-0.39, 0.29) is 0 Å². The molecule has 7 rings (SSSR count). The van der Waals surface area contributed by atoms with Gasteiger partial charge in [-0.15, -0.1) is 0 Å². The maximum Gasteiger partial charge on any atom is 0.0468 e. The second-order valence-corrected chi connectivity index (χ2v) is 12.2. The molecule has 47 heavy (non-hydrogen) atoms. The molecule has 0 fully saturated rings. The number of fused-ring (bicyclic) bond motifs is 1. The summed E-state index contributed by atoms with van der Waals surface area (Å²) in [6.07, 6.45) is 4.37. The maximum absolute atomic E-state index is 2.33. The van der Waals surface area contributed by atoms with Crippen LogP contribution < -0.4 is 9.80 Å². The Morgan fingerprint density at radius 1 is 0.319 bits per heavy atom. The molecular formula is C45H38N2. The molecule has 0 aliphatic heterocycles. The predicted molar refractivity (Wildman–Crippen MR) is 203 cm³/mol. The van der Waals surface area contributed by atoms with E-state index in [1.54, 1.807) is 0 Å². The lowest BCUT2D eigenvalue weighted by Gasteiger charge is -2.26. The fourth-order valence-corrected chi connectivity index (χ4v) is 6.22. The molecule has 0 amide bonds. The predicted octanol–water partition coefficient (Wildman–Crippen LogP) is 12.9. The summed E-state index contributed by atoms with van der Waals surface area (Å²) < 4.78 is 0. The molecule has 0 heterocycles. The lowest BCUT2D eigenvalue weighted by molar-refractivity contribution is 1.25. The van der Waals surface area contributed by atoms with Gasteiger partial charge in [-0.3, -0.25) is 0 Å². The molecule has 7 aromatic rings. The molecule has 0 spiro atoms. The number of anilines is 6. The number of benzene rings is 7. The van der Waals surface area contributed by atoms with Crippen LogP contribution in [-0.4, -0.2) is 0 Å². The minimum atomic E-state index is 1.12.